The Labute approximate surface area is 459 Å². The third kappa shape index (κ3) is 8.78. The van der Waals surface area contributed by atoms with E-state index in [9.17, 15) is 0 Å². The molecule has 0 saturated carbocycles. The molecule has 0 amide bonds. The molecule has 12 aromatic rings. The van der Waals surface area contributed by atoms with Crippen LogP contribution in [0.25, 0.3) is 32.7 Å². The first-order valence-corrected chi connectivity index (χ1v) is 27.3. The number of benzene rings is 12. The Hall–Kier alpha value is -9.44. The molecule has 0 bridgehead atoms. The Balaban J connectivity index is 0.912. The Kier molecular flexibility index (Phi) is 12.5. The lowest BCUT2D eigenvalue weighted by Gasteiger charge is -2.31. The minimum absolute atomic E-state index is 0.218. The number of para-hydroxylation sites is 2. The standard InChI is InChI=1S/C75H61N3/c1-52-33-38-59(39-34-52)77(72-46-37-56(63-29-17-18-30-66(63)72)49-69(54-21-9-5-10-22-54)55-23-11-6-12-24-55)61-42-44-64-65-45-43-62(51-71(65)75(3,4)70(64)50-61)78(60-40-35-53(2)36-41-60)74-48-47-73(67-31-19-20-32-68(67)74)76(57-25-13-7-14-26-57)58-27-15-8-16-28-58/h5-48,50-51,69H,49H2,1-4H3. The minimum Gasteiger partial charge on any atom is -0.310 e. The fourth-order valence-electron chi connectivity index (χ4n) is 12.2. The van der Waals surface area contributed by atoms with Crippen molar-refractivity contribution < 1.29 is 0 Å². The van der Waals surface area contributed by atoms with Crippen molar-refractivity contribution in [3.63, 3.8) is 0 Å². The Bertz CT molecular complexity index is 4020. The van der Waals surface area contributed by atoms with Gasteiger partial charge in [-0.3, -0.25) is 0 Å². The summed E-state index contributed by atoms with van der Waals surface area (Å²) in [5.41, 5.74) is 21.4. The molecular formula is C75H61N3. The average Bonchev–Trinajstić information content (AvgIpc) is 3.96. The maximum Gasteiger partial charge on any atom is 0.0541 e. The van der Waals surface area contributed by atoms with Gasteiger partial charge in [0.15, 0.2) is 0 Å². The van der Waals surface area contributed by atoms with Crippen molar-refractivity contribution in [3.05, 3.63) is 318 Å². The van der Waals surface area contributed by atoms with Crippen molar-refractivity contribution in [3.8, 4) is 11.1 Å². The molecule has 1 aliphatic carbocycles. The van der Waals surface area contributed by atoms with Crippen LogP contribution in [-0.4, -0.2) is 0 Å². The van der Waals surface area contributed by atoms with E-state index >= 15 is 0 Å². The van der Waals surface area contributed by atoms with E-state index in [0.29, 0.717) is 0 Å². The second-order valence-corrected chi connectivity index (χ2v) is 21.5. The largest absolute Gasteiger partial charge is 0.310 e. The second kappa shape index (κ2) is 20.3. The summed E-state index contributed by atoms with van der Waals surface area (Å²) in [6, 6.07) is 103. The number of aryl methyl sites for hydroxylation is 2. The zero-order valence-corrected chi connectivity index (χ0v) is 44.7. The van der Waals surface area contributed by atoms with E-state index in [0.717, 1.165) is 57.6 Å². The van der Waals surface area contributed by atoms with Gasteiger partial charge in [0, 0.05) is 61.6 Å². The summed E-state index contributed by atoms with van der Waals surface area (Å²) in [6.07, 6.45) is 0.886. The van der Waals surface area contributed by atoms with Gasteiger partial charge in [-0.25, -0.2) is 0 Å². The highest BCUT2D eigenvalue weighted by atomic mass is 15.2. The van der Waals surface area contributed by atoms with Crippen molar-refractivity contribution >= 4 is 72.7 Å². The van der Waals surface area contributed by atoms with E-state index in [4.69, 9.17) is 0 Å². The maximum atomic E-state index is 2.48. The Morgan fingerprint density at radius 1 is 0.308 bits per heavy atom. The summed E-state index contributed by atoms with van der Waals surface area (Å²) in [5, 5.41) is 4.85. The molecule has 13 rings (SSSR count). The van der Waals surface area contributed by atoms with E-state index in [1.165, 1.54) is 71.6 Å². The third-order valence-corrected chi connectivity index (χ3v) is 16.2. The molecule has 0 unspecified atom stereocenters. The van der Waals surface area contributed by atoms with E-state index < -0.39 is 0 Å². The van der Waals surface area contributed by atoms with Crippen LogP contribution in [0, 0.1) is 13.8 Å². The van der Waals surface area contributed by atoms with Crippen LogP contribution in [0.2, 0.25) is 0 Å². The summed E-state index contributed by atoms with van der Waals surface area (Å²) in [5.74, 6) is 0.218. The zero-order valence-electron chi connectivity index (χ0n) is 44.7. The molecule has 0 heterocycles. The van der Waals surface area contributed by atoms with Gasteiger partial charge in [0.25, 0.3) is 0 Å². The fraction of sp³-hybridized carbons (Fsp3) is 0.0933. The van der Waals surface area contributed by atoms with Crippen LogP contribution in [0.15, 0.2) is 279 Å². The lowest BCUT2D eigenvalue weighted by Crippen LogP contribution is -2.18. The van der Waals surface area contributed by atoms with Gasteiger partial charge >= 0.3 is 0 Å². The molecule has 3 heteroatoms. The van der Waals surface area contributed by atoms with Crippen LogP contribution in [0.4, 0.5) is 51.2 Å². The SMILES string of the molecule is Cc1ccc(N(c2ccc3c(c2)C(C)(C)c2cc(N(c4ccc(C)cc4)c4ccc(N(c5ccccc5)c5ccccc5)c5ccccc45)ccc2-3)c2ccc(CC(c3ccccc3)c3ccccc3)c3ccccc23)cc1. The smallest absolute Gasteiger partial charge is 0.0541 e. The predicted octanol–water partition coefficient (Wildman–Crippen LogP) is 20.7. The van der Waals surface area contributed by atoms with Crippen molar-refractivity contribution in [2.75, 3.05) is 14.7 Å². The molecule has 0 N–H and O–H groups in total. The lowest BCUT2D eigenvalue weighted by molar-refractivity contribution is 0.660. The van der Waals surface area contributed by atoms with Crippen molar-refractivity contribution in [2.24, 2.45) is 0 Å². The highest BCUT2D eigenvalue weighted by Crippen LogP contribution is 2.54. The van der Waals surface area contributed by atoms with E-state index in [1.54, 1.807) is 0 Å². The lowest BCUT2D eigenvalue weighted by atomic mass is 9.82. The van der Waals surface area contributed by atoms with Crippen LogP contribution in [0.1, 0.15) is 58.7 Å². The van der Waals surface area contributed by atoms with Gasteiger partial charge in [0.2, 0.25) is 0 Å². The van der Waals surface area contributed by atoms with Gasteiger partial charge in [-0.05, 0) is 156 Å². The number of hydrogen-bond acceptors (Lipinski definition) is 3. The number of hydrogen-bond donors (Lipinski definition) is 0. The molecule has 12 aromatic carbocycles. The minimum atomic E-state index is -0.317. The topological polar surface area (TPSA) is 9.72 Å². The highest BCUT2D eigenvalue weighted by Gasteiger charge is 2.37. The molecule has 0 spiro atoms. The molecule has 3 nitrogen and oxygen atoms in total. The first-order chi connectivity index (χ1) is 38.3. The van der Waals surface area contributed by atoms with Crippen molar-refractivity contribution in [1.29, 1.82) is 0 Å². The van der Waals surface area contributed by atoms with Gasteiger partial charge in [0.05, 0.1) is 17.1 Å². The molecule has 1 aliphatic rings. The monoisotopic (exact) mass is 1000 g/mol. The number of fused-ring (bicyclic) bond motifs is 5. The van der Waals surface area contributed by atoms with Crippen LogP contribution in [0.5, 0.6) is 0 Å². The molecule has 78 heavy (non-hydrogen) atoms. The van der Waals surface area contributed by atoms with Crippen molar-refractivity contribution in [1.82, 2.24) is 0 Å². The van der Waals surface area contributed by atoms with Gasteiger partial charge in [-0.2, -0.15) is 0 Å². The van der Waals surface area contributed by atoms with Gasteiger partial charge in [-0.1, -0.05) is 213 Å². The summed E-state index contributed by atoms with van der Waals surface area (Å²) < 4.78 is 0. The van der Waals surface area contributed by atoms with E-state index in [1.807, 2.05) is 0 Å². The van der Waals surface area contributed by atoms with Gasteiger partial charge < -0.3 is 14.7 Å². The Morgan fingerprint density at radius 2 is 0.628 bits per heavy atom. The van der Waals surface area contributed by atoms with Crippen molar-refractivity contribution in [2.45, 2.75) is 45.4 Å². The number of anilines is 9. The molecule has 0 fully saturated rings. The summed E-state index contributed by atoms with van der Waals surface area (Å²) in [7, 11) is 0. The molecular weight excluding hydrogens is 943 g/mol. The summed E-state index contributed by atoms with van der Waals surface area (Å²) in [6.45, 7) is 9.14. The first-order valence-electron chi connectivity index (χ1n) is 27.3. The first kappa shape index (κ1) is 48.2. The third-order valence-electron chi connectivity index (χ3n) is 16.2. The summed E-state index contributed by atoms with van der Waals surface area (Å²) in [4.78, 5) is 7.31. The zero-order chi connectivity index (χ0) is 52.7. The predicted molar refractivity (Wildman–Crippen MR) is 331 cm³/mol. The van der Waals surface area contributed by atoms with Crippen LogP contribution in [0.3, 0.4) is 0 Å². The molecule has 0 radical (unpaired) electrons. The van der Waals surface area contributed by atoms with E-state index in [-0.39, 0.29) is 11.3 Å². The second-order valence-electron chi connectivity index (χ2n) is 21.5. The normalized spacial score (nSPS) is 12.4. The van der Waals surface area contributed by atoms with Crippen LogP contribution < -0.4 is 14.7 Å². The summed E-state index contributed by atoms with van der Waals surface area (Å²) >= 11 is 0. The Morgan fingerprint density at radius 3 is 1.05 bits per heavy atom. The molecule has 0 atom stereocenters. The highest BCUT2D eigenvalue weighted by molar-refractivity contribution is 6.08. The van der Waals surface area contributed by atoms with Gasteiger partial charge in [0.1, 0.15) is 0 Å². The molecule has 0 aliphatic heterocycles. The fourth-order valence-corrected chi connectivity index (χ4v) is 12.2. The van der Waals surface area contributed by atoms with E-state index in [2.05, 4.69) is 321 Å². The van der Waals surface area contributed by atoms with Gasteiger partial charge in [-0.15, -0.1) is 0 Å². The molecule has 376 valence electrons. The number of rotatable bonds is 13. The number of nitrogens with zero attached hydrogens (tertiary/aromatic N) is 3. The van der Waals surface area contributed by atoms with Crippen LogP contribution in [-0.2, 0) is 11.8 Å². The van der Waals surface area contributed by atoms with Crippen LogP contribution >= 0.6 is 0 Å². The maximum absolute atomic E-state index is 2.48. The quantitative estimate of drug-likeness (QED) is 0.114. The molecule has 0 saturated heterocycles. The average molecular weight is 1000 g/mol. The molecule has 0 aromatic heterocycles.